The first-order chi connectivity index (χ1) is 17.5. The molecular formula is C25H20F3N5O4. The SMILES string of the molecule is COc1ccc2[nH]c(-c3nn(C)cc3C(F)(F)F)c(C=C3Oc4ccc(CNC(N)=O)cc4C3=O)c2c1. The molecule has 2 aromatic heterocycles. The quantitative estimate of drug-likeness (QED) is 0.343. The van der Waals surface area contributed by atoms with Gasteiger partial charge in [-0.15, -0.1) is 0 Å². The number of ether oxygens (including phenoxy) is 2. The van der Waals surface area contributed by atoms with Gasteiger partial charge in [-0.1, -0.05) is 6.07 Å². The summed E-state index contributed by atoms with van der Waals surface area (Å²) in [5.41, 5.74) is 5.60. The number of hydrogen-bond acceptors (Lipinski definition) is 5. The molecule has 0 spiro atoms. The molecule has 5 rings (SSSR count). The Morgan fingerprint density at radius 1 is 1.27 bits per heavy atom. The number of aryl methyl sites for hydroxylation is 1. The summed E-state index contributed by atoms with van der Waals surface area (Å²) in [7, 11) is 2.87. The first-order valence-electron chi connectivity index (χ1n) is 11.0. The van der Waals surface area contributed by atoms with Crippen molar-refractivity contribution in [1.29, 1.82) is 0 Å². The molecule has 1 aliphatic rings. The fourth-order valence-electron chi connectivity index (χ4n) is 4.20. The molecule has 0 bridgehead atoms. The molecule has 0 radical (unpaired) electrons. The first-order valence-corrected chi connectivity index (χ1v) is 11.0. The topological polar surface area (TPSA) is 124 Å². The molecule has 0 unspecified atom stereocenters. The van der Waals surface area contributed by atoms with E-state index < -0.39 is 23.6 Å². The molecule has 3 heterocycles. The van der Waals surface area contributed by atoms with Gasteiger partial charge in [0.1, 0.15) is 22.8 Å². The molecule has 0 saturated heterocycles. The zero-order valence-corrected chi connectivity index (χ0v) is 19.6. The minimum atomic E-state index is -4.66. The van der Waals surface area contributed by atoms with E-state index in [1.165, 1.54) is 20.2 Å². The zero-order chi connectivity index (χ0) is 26.5. The van der Waals surface area contributed by atoms with Crippen LogP contribution in [-0.4, -0.2) is 33.7 Å². The Labute approximate surface area is 207 Å². The monoisotopic (exact) mass is 511 g/mol. The van der Waals surface area contributed by atoms with Crippen molar-refractivity contribution in [1.82, 2.24) is 20.1 Å². The van der Waals surface area contributed by atoms with E-state index in [0.29, 0.717) is 22.2 Å². The molecule has 0 fully saturated rings. The lowest BCUT2D eigenvalue weighted by atomic mass is 10.0. The lowest BCUT2D eigenvalue weighted by Gasteiger charge is -2.07. The van der Waals surface area contributed by atoms with Gasteiger partial charge >= 0.3 is 12.2 Å². The number of rotatable bonds is 5. The third-order valence-corrected chi connectivity index (χ3v) is 5.89. The molecule has 37 heavy (non-hydrogen) atoms. The number of hydrogen-bond donors (Lipinski definition) is 3. The fraction of sp³-hybridized carbons (Fsp3) is 0.160. The third kappa shape index (κ3) is 4.37. The number of allylic oxidation sites excluding steroid dienone is 1. The molecule has 4 N–H and O–H groups in total. The van der Waals surface area contributed by atoms with Gasteiger partial charge in [0.25, 0.3) is 0 Å². The zero-order valence-electron chi connectivity index (χ0n) is 19.6. The summed E-state index contributed by atoms with van der Waals surface area (Å²) in [5, 5.41) is 7.02. The fourth-order valence-corrected chi connectivity index (χ4v) is 4.20. The van der Waals surface area contributed by atoms with Crippen molar-refractivity contribution in [3.8, 4) is 22.9 Å². The van der Waals surface area contributed by atoms with Gasteiger partial charge in [-0.3, -0.25) is 9.48 Å². The van der Waals surface area contributed by atoms with Crippen molar-refractivity contribution in [2.45, 2.75) is 12.7 Å². The minimum absolute atomic E-state index is 0.0716. The van der Waals surface area contributed by atoms with Gasteiger partial charge in [-0.05, 0) is 42.0 Å². The normalized spacial score (nSPS) is 14.2. The van der Waals surface area contributed by atoms with Crippen LogP contribution in [0.4, 0.5) is 18.0 Å². The third-order valence-electron chi connectivity index (χ3n) is 5.89. The van der Waals surface area contributed by atoms with E-state index in [-0.39, 0.29) is 40.6 Å². The Bertz CT molecular complexity index is 1600. The summed E-state index contributed by atoms with van der Waals surface area (Å²) < 4.78 is 53.7. The lowest BCUT2D eigenvalue weighted by Crippen LogP contribution is -2.28. The van der Waals surface area contributed by atoms with Gasteiger partial charge in [0.15, 0.2) is 5.76 Å². The number of amides is 2. The minimum Gasteiger partial charge on any atom is -0.497 e. The summed E-state index contributed by atoms with van der Waals surface area (Å²) in [5.74, 6) is 0.218. The van der Waals surface area contributed by atoms with Crippen LogP contribution < -0.4 is 20.5 Å². The molecule has 0 atom stereocenters. The van der Waals surface area contributed by atoms with Crippen LogP contribution in [0.1, 0.15) is 27.0 Å². The van der Waals surface area contributed by atoms with Crippen molar-refractivity contribution in [2.75, 3.05) is 7.11 Å². The number of aromatic nitrogens is 3. The summed E-state index contributed by atoms with van der Waals surface area (Å²) >= 11 is 0. The number of ketones is 1. The number of nitrogens with one attached hydrogen (secondary N) is 2. The highest BCUT2D eigenvalue weighted by molar-refractivity contribution is 6.15. The summed E-state index contributed by atoms with van der Waals surface area (Å²) in [6.07, 6.45) is -2.37. The molecule has 1 aliphatic heterocycles. The molecule has 0 saturated carbocycles. The molecule has 9 nitrogen and oxygen atoms in total. The van der Waals surface area contributed by atoms with Crippen molar-refractivity contribution in [2.24, 2.45) is 12.8 Å². The number of carbonyl (C=O) groups is 2. The molecule has 2 amide bonds. The predicted molar refractivity (Wildman–Crippen MR) is 128 cm³/mol. The van der Waals surface area contributed by atoms with Crippen molar-refractivity contribution in [3.63, 3.8) is 0 Å². The maximum atomic E-state index is 13.8. The number of aromatic amines is 1. The predicted octanol–water partition coefficient (Wildman–Crippen LogP) is 4.38. The van der Waals surface area contributed by atoms with Crippen LogP contribution >= 0.6 is 0 Å². The van der Waals surface area contributed by atoms with E-state index >= 15 is 0 Å². The standard InChI is InChI=1S/C25H20F3N5O4/c1-33-11-17(25(26,27)28)22(32-33)21-15(14-8-13(36-2)4-5-18(14)31-21)9-20-23(34)16-7-12(10-30-24(29)35)3-6-19(16)37-20/h3-9,11,31H,10H2,1-2H3,(H3,29,30,35). The average molecular weight is 511 g/mol. The van der Waals surface area contributed by atoms with E-state index in [0.717, 1.165) is 10.9 Å². The van der Waals surface area contributed by atoms with E-state index in [2.05, 4.69) is 15.4 Å². The Morgan fingerprint density at radius 3 is 2.76 bits per heavy atom. The number of carbonyl (C=O) groups excluding carboxylic acids is 2. The van der Waals surface area contributed by atoms with Crippen LogP contribution in [0.3, 0.4) is 0 Å². The smallest absolute Gasteiger partial charge is 0.420 e. The van der Waals surface area contributed by atoms with Gasteiger partial charge in [-0.25, -0.2) is 4.79 Å². The van der Waals surface area contributed by atoms with Crippen molar-refractivity contribution in [3.05, 3.63) is 70.6 Å². The molecule has 2 aromatic carbocycles. The second-order valence-corrected chi connectivity index (χ2v) is 8.38. The maximum absolute atomic E-state index is 13.8. The van der Waals surface area contributed by atoms with E-state index in [1.54, 1.807) is 36.4 Å². The van der Waals surface area contributed by atoms with Gasteiger partial charge in [0, 0.05) is 36.3 Å². The number of H-pyrrole nitrogens is 1. The average Bonchev–Trinajstić information content (AvgIpc) is 3.51. The van der Waals surface area contributed by atoms with Crippen LogP contribution in [0.2, 0.25) is 0 Å². The first kappa shape index (κ1) is 24.0. The van der Waals surface area contributed by atoms with Crippen LogP contribution in [-0.2, 0) is 19.8 Å². The number of alkyl halides is 3. The Balaban J connectivity index is 1.65. The number of fused-ring (bicyclic) bond motifs is 2. The largest absolute Gasteiger partial charge is 0.497 e. The van der Waals surface area contributed by atoms with Crippen LogP contribution in [0.25, 0.3) is 28.4 Å². The Hall–Kier alpha value is -4.74. The molecular weight excluding hydrogens is 491 g/mol. The molecule has 0 aliphatic carbocycles. The van der Waals surface area contributed by atoms with Crippen LogP contribution in [0, 0.1) is 0 Å². The second-order valence-electron chi connectivity index (χ2n) is 8.38. The second kappa shape index (κ2) is 8.73. The number of benzene rings is 2. The van der Waals surface area contributed by atoms with Crippen LogP contribution in [0.15, 0.2) is 48.4 Å². The van der Waals surface area contributed by atoms with Crippen molar-refractivity contribution < 1.29 is 32.2 Å². The summed E-state index contributed by atoms with van der Waals surface area (Å²) in [6.45, 7) is 0.112. The van der Waals surface area contributed by atoms with Gasteiger partial charge < -0.3 is 25.5 Å². The van der Waals surface area contributed by atoms with Gasteiger partial charge in [0.05, 0.1) is 18.4 Å². The van der Waals surface area contributed by atoms with E-state index in [9.17, 15) is 22.8 Å². The Morgan fingerprint density at radius 2 is 2.05 bits per heavy atom. The highest BCUT2D eigenvalue weighted by Crippen LogP contribution is 2.41. The number of nitrogens with zero attached hydrogens (tertiary/aromatic N) is 2. The number of methoxy groups -OCH3 is 1. The van der Waals surface area contributed by atoms with E-state index in [4.69, 9.17) is 15.2 Å². The molecule has 4 aromatic rings. The van der Waals surface area contributed by atoms with Gasteiger partial charge in [-0.2, -0.15) is 18.3 Å². The maximum Gasteiger partial charge on any atom is 0.420 e. The van der Waals surface area contributed by atoms with Crippen LogP contribution in [0.5, 0.6) is 11.5 Å². The summed E-state index contributed by atoms with van der Waals surface area (Å²) in [6, 6.07) is 9.07. The van der Waals surface area contributed by atoms with Crippen molar-refractivity contribution >= 4 is 28.8 Å². The highest BCUT2D eigenvalue weighted by Gasteiger charge is 2.38. The van der Waals surface area contributed by atoms with Gasteiger partial charge in [0.2, 0.25) is 5.78 Å². The van der Waals surface area contributed by atoms with E-state index in [1.807, 2.05) is 0 Å². The number of nitrogens with two attached hydrogens (primary N) is 1. The summed E-state index contributed by atoms with van der Waals surface area (Å²) in [4.78, 5) is 27.2. The highest BCUT2D eigenvalue weighted by atomic mass is 19.4. The number of primary amides is 1. The lowest BCUT2D eigenvalue weighted by molar-refractivity contribution is -0.137. The molecule has 12 heteroatoms. The molecule has 190 valence electrons. The Kier molecular flexibility index (Phi) is 5.66. The number of Topliss-reactive ketones (excluding diaryl/α,β-unsaturated/α-hetero) is 1. The number of halogens is 3. The number of urea groups is 1.